The van der Waals surface area contributed by atoms with Crippen LogP contribution in [0.5, 0.6) is 5.75 Å². The predicted molar refractivity (Wildman–Crippen MR) is 124 cm³/mol. The molecule has 0 bridgehead atoms. The van der Waals surface area contributed by atoms with E-state index in [-0.39, 0.29) is 31.0 Å². The van der Waals surface area contributed by atoms with E-state index in [1.165, 1.54) is 0 Å². The molecule has 9 heteroatoms. The number of aliphatic carboxylic acids is 1. The topological polar surface area (TPSA) is 121 Å². The van der Waals surface area contributed by atoms with Crippen molar-refractivity contribution in [2.45, 2.75) is 45.3 Å². The molecule has 33 heavy (non-hydrogen) atoms. The van der Waals surface area contributed by atoms with Crippen LogP contribution in [0.1, 0.15) is 49.4 Å². The predicted octanol–water partition coefficient (Wildman–Crippen LogP) is 4.54. The maximum Gasteiger partial charge on any atom is 0.304 e. The van der Waals surface area contributed by atoms with Crippen molar-refractivity contribution in [2.75, 3.05) is 6.54 Å². The number of carboxylic acid groups (broad SMARTS) is 1. The molecule has 172 valence electrons. The number of carboxylic acids is 1. The van der Waals surface area contributed by atoms with Gasteiger partial charge in [0.2, 0.25) is 5.82 Å². The Bertz CT molecular complexity index is 1190. The van der Waals surface area contributed by atoms with Gasteiger partial charge in [-0.05, 0) is 56.0 Å². The number of nitrogens with zero attached hydrogens (tertiary/aromatic N) is 3. The third-order valence-corrected chi connectivity index (χ3v) is 5.38. The van der Waals surface area contributed by atoms with Crippen LogP contribution in [0, 0.1) is 11.3 Å². The highest BCUT2D eigenvalue weighted by Gasteiger charge is 2.26. The number of carbonyl (C=O) groups is 1. The van der Waals surface area contributed by atoms with E-state index in [4.69, 9.17) is 14.4 Å². The van der Waals surface area contributed by atoms with Crippen LogP contribution in [0.2, 0.25) is 0 Å². The standard InChI is InChI=1S/C24H24N4O4.ClH/c1-14(2)31-21-9-6-15(12-16(21)13-25)24-27-23(28-32-24)19-5-3-4-18-17(19)7-8-20(18)26-11-10-22(29)30;/h3-6,9,12,14,20,26H,7-8,10-11H2,1-2H3,(H,29,30);1H. The second kappa shape index (κ2) is 10.5. The maximum atomic E-state index is 10.8. The molecule has 0 fully saturated rings. The molecule has 0 radical (unpaired) electrons. The molecule has 4 rings (SSSR count). The van der Waals surface area contributed by atoms with Gasteiger partial charge in [-0.2, -0.15) is 10.2 Å². The zero-order chi connectivity index (χ0) is 22.7. The van der Waals surface area contributed by atoms with Crippen LogP contribution in [-0.4, -0.2) is 33.9 Å². The molecule has 3 aromatic rings. The Labute approximate surface area is 198 Å². The van der Waals surface area contributed by atoms with Crippen molar-refractivity contribution >= 4 is 18.4 Å². The summed E-state index contributed by atoms with van der Waals surface area (Å²) in [6.07, 6.45) is 1.79. The van der Waals surface area contributed by atoms with Crippen molar-refractivity contribution in [1.82, 2.24) is 15.5 Å². The van der Waals surface area contributed by atoms with Gasteiger partial charge in [0.15, 0.2) is 0 Å². The van der Waals surface area contributed by atoms with Gasteiger partial charge in [0, 0.05) is 23.7 Å². The molecule has 1 heterocycles. The van der Waals surface area contributed by atoms with Crippen LogP contribution < -0.4 is 10.1 Å². The lowest BCUT2D eigenvalue weighted by Crippen LogP contribution is -2.22. The SMILES string of the molecule is CC(C)Oc1ccc(-c2nc(-c3cccc4c3CCC4NCCC(=O)O)no2)cc1C#N.Cl. The zero-order valence-electron chi connectivity index (χ0n) is 18.4. The van der Waals surface area contributed by atoms with E-state index in [1.807, 2.05) is 26.0 Å². The number of nitrogens with one attached hydrogen (secondary N) is 1. The summed E-state index contributed by atoms with van der Waals surface area (Å²) in [7, 11) is 0. The molecule has 2 aromatic carbocycles. The van der Waals surface area contributed by atoms with E-state index >= 15 is 0 Å². The third-order valence-electron chi connectivity index (χ3n) is 5.38. The number of rotatable bonds is 8. The quantitative estimate of drug-likeness (QED) is 0.494. The normalized spacial score (nSPS) is 14.4. The summed E-state index contributed by atoms with van der Waals surface area (Å²) in [5, 5.41) is 25.8. The summed E-state index contributed by atoms with van der Waals surface area (Å²) < 4.78 is 11.2. The fourth-order valence-corrected chi connectivity index (χ4v) is 3.99. The first-order valence-corrected chi connectivity index (χ1v) is 10.6. The van der Waals surface area contributed by atoms with Gasteiger partial charge in [0.25, 0.3) is 5.89 Å². The van der Waals surface area contributed by atoms with Crippen LogP contribution in [0.15, 0.2) is 40.9 Å². The second-order valence-electron chi connectivity index (χ2n) is 7.97. The third kappa shape index (κ3) is 5.33. The monoisotopic (exact) mass is 468 g/mol. The fourth-order valence-electron chi connectivity index (χ4n) is 3.99. The van der Waals surface area contributed by atoms with Gasteiger partial charge in [0.05, 0.1) is 18.1 Å². The van der Waals surface area contributed by atoms with Crippen molar-refractivity contribution in [2.24, 2.45) is 0 Å². The molecule has 0 spiro atoms. The molecule has 1 unspecified atom stereocenters. The number of hydrogen-bond donors (Lipinski definition) is 2. The van der Waals surface area contributed by atoms with Crippen LogP contribution in [0.3, 0.4) is 0 Å². The summed E-state index contributed by atoms with van der Waals surface area (Å²) in [6, 6.07) is 13.5. The van der Waals surface area contributed by atoms with Gasteiger partial charge in [-0.25, -0.2) is 0 Å². The molecule has 1 aromatic heterocycles. The van der Waals surface area contributed by atoms with Crippen LogP contribution in [0.4, 0.5) is 0 Å². The minimum Gasteiger partial charge on any atom is -0.490 e. The van der Waals surface area contributed by atoms with E-state index in [1.54, 1.807) is 18.2 Å². The molecular weight excluding hydrogens is 444 g/mol. The molecule has 1 atom stereocenters. The van der Waals surface area contributed by atoms with E-state index in [0.717, 1.165) is 29.5 Å². The Morgan fingerprint density at radius 1 is 1.36 bits per heavy atom. The molecular formula is C24H25ClN4O4. The zero-order valence-corrected chi connectivity index (χ0v) is 19.2. The minimum absolute atomic E-state index is 0. The first kappa shape index (κ1) is 24.2. The Kier molecular flexibility index (Phi) is 7.69. The van der Waals surface area contributed by atoms with E-state index in [0.29, 0.717) is 35.1 Å². The summed E-state index contributed by atoms with van der Waals surface area (Å²) in [4.78, 5) is 15.4. The summed E-state index contributed by atoms with van der Waals surface area (Å²) >= 11 is 0. The first-order chi connectivity index (χ1) is 15.5. The van der Waals surface area contributed by atoms with E-state index in [9.17, 15) is 10.1 Å². The van der Waals surface area contributed by atoms with Crippen molar-refractivity contribution in [1.29, 1.82) is 5.26 Å². The number of hydrogen-bond acceptors (Lipinski definition) is 7. The Morgan fingerprint density at radius 3 is 2.91 bits per heavy atom. The highest BCUT2D eigenvalue weighted by Crippen LogP contribution is 2.37. The van der Waals surface area contributed by atoms with Crippen LogP contribution in [-0.2, 0) is 11.2 Å². The lowest BCUT2D eigenvalue weighted by molar-refractivity contribution is -0.136. The van der Waals surface area contributed by atoms with Crippen molar-refractivity contribution in [3.05, 3.63) is 53.1 Å². The maximum absolute atomic E-state index is 10.8. The highest BCUT2D eigenvalue weighted by atomic mass is 35.5. The Morgan fingerprint density at radius 2 is 2.18 bits per heavy atom. The summed E-state index contributed by atoms with van der Waals surface area (Å²) in [6.45, 7) is 4.24. The molecule has 2 N–H and O–H groups in total. The molecule has 0 amide bonds. The van der Waals surface area contributed by atoms with Crippen LogP contribution >= 0.6 is 12.4 Å². The van der Waals surface area contributed by atoms with Gasteiger partial charge in [-0.1, -0.05) is 23.4 Å². The van der Waals surface area contributed by atoms with Crippen molar-refractivity contribution in [3.63, 3.8) is 0 Å². The van der Waals surface area contributed by atoms with Crippen molar-refractivity contribution < 1.29 is 19.2 Å². The molecule has 0 aliphatic heterocycles. The second-order valence-corrected chi connectivity index (χ2v) is 7.97. The lowest BCUT2D eigenvalue weighted by Gasteiger charge is -2.13. The average Bonchev–Trinajstić information content (AvgIpc) is 3.41. The first-order valence-electron chi connectivity index (χ1n) is 10.6. The molecule has 0 saturated carbocycles. The van der Waals surface area contributed by atoms with E-state index < -0.39 is 5.97 Å². The van der Waals surface area contributed by atoms with E-state index in [2.05, 4.69) is 27.6 Å². The fraction of sp³-hybridized carbons (Fsp3) is 0.333. The van der Waals surface area contributed by atoms with Gasteiger partial charge >= 0.3 is 5.97 Å². The minimum atomic E-state index is -0.813. The molecule has 8 nitrogen and oxygen atoms in total. The smallest absolute Gasteiger partial charge is 0.304 e. The van der Waals surface area contributed by atoms with Gasteiger partial charge in [-0.15, -0.1) is 12.4 Å². The van der Waals surface area contributed by atoms with Gasteiger partial charge in [-0.3, -0.25) is 4.79 Å². The number of ether oxygens (including phenoxy) is 1. The largest absolute Gasteiger partial charge is 0.490 e. The summed E-state index contributed by atoms with van der Waals surface area (Å²) in [5.41, 5.74) is 4.25. The van der Waals surface area contributed by atoms with Gasteiger partial charge in [0.1, 0.15) is 11.8 Å². The Hall–Kier alpha value is -3.41. The molecule has 1 aliphatic carbocycles. The number of fused-ring (bicyclic) bond motifs is 1. The number of nitriles is 1. The lowest BCUT2D eigenvalue weighted by atomic mass is 10.0. The highest BCUT2D eigenvalue weighted by molar-refractivity contribution is 5.85. The summed E-state index contributed by atoms with van der Waals surface area (Å²) in [5.74, 6) is 0.531. The average molecular weight is 469 g/mol. The Balaban J connectivity index is 0.00000306. The number of aromatic nitrogens is 2. The van der Waals surface area contributed by atoms with Crippen molar-refractivity contribution in [3.8, 4) is 34.7 Å². The number of halogens is 1. The molecule has 0 saturated heterocycles. The van der Waals surface area contributed by atoms with Gasteiger partial charge < -0.3 is 19.7 Å². The molecule has 1 aliphatic rings. The number of benzene rings is 2. The van der Waals surface area contributed by atoms with Crippen LogP contribution in [0.25, 0.3) is 22.8 Å².